The first kappa shape index (κ1) is 25.2. The highest BCUT2D eigenvalue weighted by Crippen LogP contribution is 2.31. The molecule has 0 aromatic heterocycles. The molecule has 2 aliphatic rings. The Labute approximate surface area is 224 Å². The molecule has 1 N–H and O–H groups in total. The van der Waals surface area contributed by atoms with Crippen molar-refractivity contribution < 1.29 is 23.9 Å². The Balaban J connectivity index is 1.25. The van der Waals surface area contributed by atoms with E-state index in [4.69, 9.17) is 16.3 Å². The van der Waals surface area contributed by atoms with Gasteiger partial charge in [-0.3, -0.25) is 14.4 Å². The summed E-state index contributed by atoms with van der Waals surface area (Å²) in [5.41, 5.74) is 4.15. The molecular formula is C29H24ClN3O5. The lowest BCUT2D eigenvalue weighted by Gasteiger charge is -2.29. The van der Waals surface area contributed by atoms with Crippen LogP contribution in [-0.2, 0) is 38.5 Å². The van der Waals surface area contributed by atoms with Crippen molar-refractivity contribution >= 4 is 46.7 Å². The maximum absolute atomic E-state index is 13.1. The van der Waals surface area contributed by atoms with Crippen molar-refractivity contribution in [2.24, 2.45) is 0 Å². The van der Waals surface area contributed by atoms with Crippen LogP contribution in [-0.4, -0.2) is 42.2 Å². The second-order valence-electron chi connectivity index (χ2n) is 9.01. The van der Waals surface area contributed by atoms with Gasteiger partial charge in [-0.1, -0.05) is 54.1 Å². The number of halogens is 1. The number of nitrogens with zero attached hydrogens (tertiary/aromatic N) is 2. The van der Waals surface area contributed by atoms with E-state index in [2.05, 4.69) is 17.4 Å². The van der Waals surface area contributed by atoms with E-state index in [1.54, 1.807) is 30.3 Å². The Bertz CT molecular complexity index is 1480. The van der Waals surface area contributed by atoms with Crippen LogP contribution in [0.5, 0.6) is 0 Å². The molecule has 8 nitrogen and oxygen atoms in total. The minimum Gasteiger partial charge on any atom is -0.465 e. The molecule has 0 saturated heterocycles. The van der Waals surface area contributed by atoms with Crippen LogP contribution in [0.2, 0.25) is 0 Å². The molecule has 5 rings (SSSR count). The Hall–Kier alpha value is -4.43. The topological polar surface area (TPSA) is 96.0 Å². The number of nitrogens with one attached hydrogen (secondary N) is 1. The van der Waals surface area contributed by atoms with E-state index >= 15 is 0 Å². The lowest BCUT2D eigenvalue weighted by molar-refractivity contribution is -0.131. The number of imide groups is 1. The van der Waals surface area contributed by atoms with Crippen LogP contribution in [0.15, 0.2) is 83.5 Å². The predicted octanol–water partition coefficient (Wildman–Crippen LogP) is 4.04. The zero-order valence-electron chi connectivity index (χ0n) is 20.6. The third-order valence-corrected chi connectivity index (χ3v) is 6.97. The fourth-order valence-corrected chi connectivity index (χ4v) is 4.79. The van der Waals surface area contributed by atoms with Gasteiger partial charge in [0.2, 0.25) is 5.91 Å². The number of hydrogen-bond donors (Lipinski definition) is 1. The minimum atomic E-state index is -0.702. The third kappa shape index (κ3) is 4.90. The van der Waals surface area contributed by atoms with Gasteiger partial charge in [-0.2, -0.15) is 0 Å². The average Bonchev–Trinajstić information content (AvgIpc) is 3.16. The number of carbonyl (C=O) groups excluding carboxylic acids is 4. The molecule has 3 amide bonds. The summed E-state index contributed by atoms with van der Waals surface area (Å²) in [6.07, 6.45) is 1.10. The number of carbonyl (C=O) groups is 4. The van der Waals surface area contributed by atoms with Gasteiger partial charge in [0.25, 0.3) is 11.8 Å². The van der Waals surface area contributed by atoms with Gasteiger partial charge in [0.05, 0.1) is 24.8 Å². The summed E-state index contributed by atoms with van der Waals surface area (Å²) >= 11 is 6.23. The molecule has 0 spiro atoms. The number of esters is 1. The number of methoxy groups -OCH3 is 1. The van der Waals surface area contributed by atoms with Gasteiger partial charge in [0.1, 0.15) is 10.7 Å². The molecule has 9 heteroatoms. The van der Waals surface area contributed by atoms with E-state index in [9.17, 15) is 19.2 Å². The second kappa shape index (κ2) is 10.5. The minimum absolute atomic E-state index is 0.0485. The van der Waals surface area contributed by atoms with Gasteiger partial charge < -0.3 is 15.0 Å². The van der Waals surface area contributed by atoms with Crippen molar-refractivity contribution in [3.8, 4) is 0 Å². The summed E-state index contributed by atoms with van der Waals surface area (Å²) in [6.45, 7) is 1.30. The van der Waals surface area contributed by atoms with Gasteiger partial charge in [-0.25, -0.2) is 9.69 Å². The largest absolute Gasteiger partial charge is 0.465 e. The zero-order valence-corrected chi connectivity index (χ0v) is 21.3. The third-order valence-electron chi connectivity index (χ3n) is 6.61. The van der Waals surface area contributed by atoms with Crippen LogP contribution < -0.4 is 10.2 Å². The standard InChI is InChI=1S/C29H24ClN3O5/c1-38-29(37)20-7-4-8-23(16-20)33-27(35)25(30)26(28(33)36)31-22-11-9-18(10-12-22)15-24(34)32-14-13-19-5-2-3-6-21(19)17-32/h2-12,16,31H,13-15,17H2,1H3. The summed E-state index contributed by atoms with van der Waals surface area (Å²) < 4.78 is 4.71. The molecule has 0 bridgehead atoms. The molecule has 2 aliphatic heterocycles. The molecule has 0 fully saturated rings. The van der Waals surface area contributed by atoms with Crippen LogP contribution in [0, 0.1) is 0 Å². The SMILES string of the molecule is COC(=O)c1cccc(N2C(=O)C(Cl)=C(Nc3ccc(CC(=O)N4CCc5ccccc5C4)cc3)C2=O)c1. The molecule has 0 atom stereocenters. The van der Waals surface area contributed by atoms with E-state index in [-0.39, 0.29) is 34.3 Å². The van der Waals surface area contributed by atoms with Crippen LogP contribution in [0.4, 0.5) is 11.4 Å². The van der Waals surface area contributed by atoms with Crippen molar-refractivity contribution in [1.82, 2.24) is 4.90 Å². The fraction of sp³-hybridized carbons (Fsp3) is 0.172. The van der Waals surface area contributed by atoms with E-state index in [1.807, 2.05) is 17.0 Å². The number of amides is 3. The van der Waals surface area contributed by atoms with Gasteiger partial charge in [0.15, 0.2) is 0 Å². The van der Waals surface area contributed by atoms with Crippen molar-refractivity contribution in [3.05, 3.63) is 106 Å². The number of ether oxygens (including phenoxy) is 1. The molecule has 0 radical (unpaired) electrons. The predicted molar refractivity (Wildman–Crippen MR) is 142 cm³/mol. The van der Waals surface area contributed by atoms with E-state index in [0.717, 1.165) is 16.9 Å². The number of anilines is 2. The molecule has 3 aromatic carbocycles. The smallest absolute Gasteiger partial charge is 0.337 e. The van der Waals surface area contributed by atoms with Gasteiger partial charge >= 0.3 is 5.97 Å². The van der Waals surface area contributed by atoms with Crippen molar-refractivity contribution in [1.29, 1.82) is 0 Å². The number of benzene rings is 3. The van der Waals surface area contributed by atoms with Gasteiger partial charge in [0, 0.05) is 18.8 Å². The van der Waals surface area contributed by atoms with Crippen molar-refractivity contribution in [3.63, 3.8) is 0 Å². The summed E-state index contributed by atoms with van der Waals surface area (Å²) in [5, 5.41) is 2.66. The maximum Gasteiger partial charge on any atom is 0.337 e. The molecule has 0 aliphatic carbocycles. The van der Waals surface area contributed by atoms with Crippen molar-refractivity contribution in [2.75, 3.05) is 23.9 Å². The highest BCUT2D eigenvalue weighted by atomic mass is 35.5. The Morgan fingerprint density at radius 3 is 2.42 bits per heavy atom. The number of hydrogen-bond acceptors (Lipinski definition) is 6. The van der Waals surface area contributed by atoms with Crippen LogP contribution >= 0.6 is 11.6 Å². The normalized spacial score (nSPS) is 15.0. The molecule has 2 heterocycles. The second-order valence-corrected chi connectivity index (χ2v) is 9.39. The van der Waals surface area contributed by atoms with Crippen LogP contribution in [0.1, 0.15) is 27.0 Å². The average molecular weight is 530 g/mol. The summed E-state index contributed by atoms with van der Waals surface area (Å²) in [6, 6.07) is 21.2. The highest BCUT2D eigenvalue weighted by molar-refractivity contribution is 6.53. The summed E-state index contributed by atoms with van der Waals surface area (Å²) in [4.78, 5) is 53.4. The Morgan fingerprint density at radius 2 is 1.68 bits per heavy atom. The Morgan fingerprint density at radius 1 is 0.947 bits per heavy atom. The molecule has 3 aromatic rings. The fourth-order valence-electron chi connectivity index (χ4n) is 4.58. The van der Waals surface area contributed by atoms with E-state index < -0.39 is 17.8 Å². The number of fused-ring (bicyclic) bond motifs is 1. The first-order valence-corrected chi connectivity index (χ1v) is 12.4. The van der Waals surface area contributed by atoms with E-state index in [1.165, 1.54) is 36.4 Å². The Kier molecular flexibility index (Phi) is 6.98. The zero-order chi connectivity index (χ0) is 26.8. The first-order chi connectivity index (χ1) is 18.4. The van der Waals surface area contributed by atoms with Gasteiger partial charge in [-0.15, -0.1) is 0 Å². The first-order valence-electron chi connectivity index (χ1n) is 12.0. The molecule has 0 unspecified atom stereocenters. The molecule has 192 valence electrons. The highest BCUT2D eigenvalue weighted by Gasteiger charge is 2.39. The monoisotopic (exact) mass is 529 g/mol. The van der Waals surface area contributed by atoms with Crippen LogP contribution in [0.25, 0.3) is 0 Å². The summed E-state index contributed by atoms with van der Waals surface area (Å²) in [5.74, 6) is -1.89. The molecule has 0 saturated carbocycles. The molecular weight excluding hydrogens is 506 g/mol. The van der Waals surface area contributed by atoms with Crippen LogP contribution in [0.3, 0.4) is 0 Å². The van der Waals surface area contributed by atoms with Gasteiger partial charge in [-0.05, 0) is 53.4 Å². The summed E-state index contributed by atoms with van der Waals surface area (Å²) in [7, 11) is 1.25. The van der Waals surface area contributed by atoms with E-state index in [0.29, 0.717) is 18.8 Å². The molecule has 38 heavy (non-hydrogen) atoms. The lowest BCUT2D eigenvalue weighted by Crippen LogP contribution is -2.36. The lowest BCUT2D eigenvalue weighted by atomic mass is 9.99. The van der Waals surface area contributed by atoms with Crippen molar-refractivity contribution in [2.45, 2.75) is 19.4 Å². The number of rotatable bonds is 6. The quantitative estimate of drug-likeness (QED) is 0.382. The maximum atomic E-state index is 13.1.